The molecule has 0 unspecified atom stereocenters. The fourth-order valence-electron chi connectivity index (χ4n) is 2.22. The number of carboxylic acid groups (broad SMARTS) is 1. The average Bonchev–Trinajstić information content (AvgIpc) is 2.39. The van der Waals surface area contributed by atoms with Crippen LogP contribution >= 0.6 is 0 Å². The highest BCUT2D eigenvalue weighted by molar-refractivity contribution is 5.65. The van der Waals surface area contributed by atoms with E-state index >= 15 is 0 Å². The molecule has 8 nitrogen and oxygen atoms in total. The van der Waals surface area contributed by atoms with Crippen molar-refractivity contribution in [2.24, 2.45) is 0 Å². The number of anilines is 1. The second-order valence-electron chi connectivity index (χ2n) is 4.70. The molecule has 1 aromatic carbocycles. The predicted octanol–water partition coefficient (Wildman–Crippen LogP) is 0.973. The molecule has 1 amide bonds. The van der Waals surface area contributed by atoms with Crippen LogP contribution in [0.4, 0.5) is 16.2 Å². The van der Waals surface area contributed by atoms with Gasteiger partial charge in [-0.25, -0.2) is 4.79 Å². The molecule has 1 fully saturated rings. The van der Waals surface area contributed by atoms with Gasteiger partial charge in [0, 0.05) is 38.8 Å². The van der Waals surface area contributed by atoms with Gasteiger partial charge in [0.25, 0.3) is 5.69 Å². The fraction of sp³-hybridized carbons (Fsp3) is 0.417. The van der Waals surface area contributed by atoms with E-state index in [1.54, 1.807) is 12.1 Å². The molecule has 1 aliphatic rings. The minimum Gasteiger partial charge on any atom is -0.465 e. The van der Waals surface area contributed by atoms with Crippen LogP contribution in [0.5, 0.6) is 0 Å². The molecular weight excluding hydrogens is 264 g/mol. The number of hydrogen-bond donors (Lipinski definition) is 2. The van der Waals surface area contributed by atoms with Crippen molar-refractivity contribution >= 4 is 17.5 Å². The van der Waals surface area contributed by atoms with E-state index in [0.29, 0.717) is 32.7 Å². The van der Waals surface area contributed by atoms with E-state index in [1.807, 2.05) is 0 Å². The minimum atomic E-state index is -0.899. The second kappa shape index (κ2) is 5.74. The molecule has 0 aliphatic carbocycles. The Labute approximate surface area is 115 Å². The largest absolute Gasteiger partial charge is 0.465 e. The van der Waals surface area contributed by atoms with Crippen LogP contribution in [0.25, 0.3) is 0 Å². The van der Waals surface area contributed by atoms with Gasteiger partial charge < -0.3 is 15.7 Å². The lowest BCUT2D eigenvalue weighted by Gasteiger charge is -2.33. The van der Waals surface area contributed by atoms with E-state index in [1.165, 1.54) is 11.0 Å². The van der Waals surface area contributed by atoms with Crippen molar-refractivity contribution in [1.82, 2.24) is 9.80 Å². The molecule has 0 atom stereocenters. The van der Waals surface area contributed by atoms with Crippen LogP contribution < -0.4 is 5.73 Å². The van der Waals surface area contributed by atoms with Crippen molar-refractivity contribution in [2.75, 3.05) is 31.9 Å². The number of nitrogens with two attached hydrogens (primary N) is 1. The van der Waals surface area contributed by atoms with Gasteiger partial charge in [0.15, 0.2) is 0 Å². The van der Waals surface area contributed by atoms with Crippen molar-refractivity contribution in [1.29, 1.82) is 0 Å². The van der Waals surface area contributed by atoms with Crippen LogP contribution in [0.1, 0.15) is 5.56 Å². The molecule has 20 heavy (non-hydrogen) atoms. The SMILES string of the molecule is Nc1cc(CN2CCN(C(=O)O)CC2)ccc1[N+](=O)[O-]. The summed E-state index contributed by atoms with van der Waals surface area (Å²) in [6.07, 6.45) is -0.899. The van der Waals surface area contributed by atoms with Gasteiger partial charge in [-0.3, -0.25) is 15.0 Å². The zero-order chi connectivity index (χ0) is 14.7. The lowest BCUT2D eigenvalue weighted by Crippen LogP contribution is -2.47. The highest BCUT2D eigenvalue weighted by atomic mass is 16.6. The quantitative estimate of drug-likeness (QED) is 0.484. The Kier molecular flexibility index (Phi) is 4.04. The number of rotatable bonds is 3. The minimum absolute atomic E-state index is 0.0931. The fourth-order valence-corrected chi connectivity index (χ4v) is 2.22. The average molecular weight is 280 g/mol. The number of hydrogen-bond acceptors (Lipinski definition) is 5. The van der Waals surface area contributed by atoms with Crippen LogP contribution in [-0.2, 0) is 6.54 Å². The van der Waals surface area contributed by atoms with E-state index in [4.69, 9.17) is 10.8 Å². The Morgan fingerprint density at radius 3 is 2.50 bits per heavy atom. The Balaban J connectivity index is 1.96. The van der Waals surface area contributed by atoms with Crippen LogP contribution in [-0.4, -0.2) is 52.1 Å². The summed E-state index contributed by atoms with van der Waals surface area (Å²) in [7, 11) is 0. The number of benzene rings is 1. The van der Waals surface area contributed by atoms with Crippen molar-refractivity contribution in [2.45, 2.75) is 6.54 Å². The molecule has 1 aliphatic heterocycles. The van der Waals surface area contributed by atoms with E-state index in [-0.39, 0.29) is 11.4 Å². The Bertz CT molecular complexity index is 526. The molecule has 0 radical (unpaired) electrons. The molecule has 2 rings (SSSR count). The number of nitro benzene ring substituents is 1. The summed E-state index contributed by atoms with van der Waals surface area (Å²) in [5, 5.41) is 19.5. The van der Waals surface area contributed by atoms with Gasteiger partial charge in [-0.2, -0.15) is 0 Å². The third-order valence-electron chi connectivity index (χ3n) is 3.34. The normalized spacial score (nSPS) is 16.1. The predicted molar refractivity (Wildman–Crippen MR) is 72.4 cm³/mol. The van der Waals surface area contributed by atoms with Gasteiger partial charge in [0.05, 0.1) is 4.92 Å². The number of nitro groups is 1. The number of carbonyl (C=O) groups is 1. The molecule has 108 valence electrons. The summed E-state index contributed by atoms with van der Waals surface area (Å²) in [6, 6.07) is 4.68. The summed E-state index contributed by atoms with van der Waals surface area (Å²) in [5.74, 6) is 0. The summed E-state index contributed by atoms with van der Waals surface area (Å²) in [5.41, 5.74) is 6.59. The van der Waals surface area contributed by atoms with Crippen LogP contribution in [0.2, 0.25) is 0 Å². The third-order valence-corrected chi connectivity index (χ3v) is 3.34. The van der Waals surface area contributed by atoms with Gasteiger partial charge in [-0.05, 0) is 11.6 Å². The third kappa shape index (κ3) is 3.15. The topological polar surface area (TPSA) is 113 Å². The molecule has 1 saturated heterocycles. The molecule has 1 heterocycles. The molecule has 0 saturated carbocycles. The Morgan fingerprint density at radius 2 is 2.00 bits per heavy atom. The van der Waals surface area contributed by atoms with E-state index in [9.17, 15) is 14.9 Å². The maximum absolute atomic E-state index is 10.8. The standard InChI is InChI=1S/C12H16N4O4/c13-10-7-9(1-2-11(10)16(19)20)8-14-3-5-15(6-4-14)12(17)18/h1-2,7H,3-6,8,13H2,(H,17,18). The maximum Gasteiger partial charge on any atom is 0.407 e. The van der Waals surface area contributed by atoms with Crippen LogP contribution in [0, 0.1) is 10.1 Å². The van der Waals surface area contributed by atoms with E-state index in [0.717, 1.165) is 5.56 Å². The van der Waals surface area contributed by atoms with Crippen molar-refractivity contribution in [3.63, 3.8) is 0 Å². The second-order valence-corrected chi connectivity index (χ2v) is 4.70. The van der Waals surface area contributed by atoms with Gasteiger partial charge in [-0.15, -0.1) is 0 Å². The first-order valence-electron chi connectivity index (χ1n) is 6.20. The highest BCUT2D eigenvalue weighted by Gasteiger charge is 2.20. The van der Waals surface area contributed by atoms with Crippen molar-refractivity contribution in [3.8, 4) is 0 Å². The smallest absolute Gasteiger partial charge is 0.407 e. The Hall–Kier alpha value is -2.35. The van der Waals surface area contributed by atoms with Crippen molar-refractivity contribution < 1.29 is 14.8 Å². The first-order valence-corrected chi connectivity index (χ1v) is 6.20. The number of amides is 1. The molecule has 1 aromatic rings. The zero-order valence-electron chi connectivity index (χ0n) is 10.9. The first-order chi connectivity index (χ1) is 9.47. The molecular formula is C12H16N4O4. The summed E-state index contributed by atoms with van der Waals surface area (Å²) in [4.78, 5) is 24.4. The van der Waals surface area contributed by atoms with Crippen LogP contribution in [0.15, 0.2) is 18.2 Å². The number of piperazine rings is 1. The van der Waals surface area contributed by atoms with Gasteiger partial charge >= 0.3 is 6.09 Å². The summed E-state index contributed by atoms with van der Waals surface area (Å²) < 4.78 is 0. The zero-order valence-corrected chi connectivity index (χ0v) is 10.9. The number of nitrogens with zero attached hydrogens (tertiary/aromatic N) is 3. The number of nitrogen functional groups attached to an aromatic ring is 1. The molecule has 0 aromatic heterocycles. The highest BCUT2D eigenvalue weighted by Crippen LogP contribution is 2.23. The lowest BCUT2D eigenvalue weighted by molar-refractivity contribution is -0.383. The Morgan fingerprint density at radius 1 is 1.35 bits per heavy atom. The first kappa shape index (κ1) is 14.1. The molecule has 0 spiro atoms. The summed E-state index contributed by atoms with van der Waals surface area (Å²) >= 11 is 0. The van der Waals surface area contributed by atoms with Gasteiger partial charge in [-0.1, -0.05) is 6.07 Å². The maximum atomic E-state index is 10.8. The van der Waals surface area contributed by atoms with Gasteiger partial charge in [0.2, 0.25) is 0 Å². The summed E-state index contributed by atoms with van der Waals surface area (Å²) in [6.45, 7) is 2.83. The van der Waals surface area contributed by atoms with E-state index < -0.39 is 11.0 Å². The van der Waals surface area contributed by atoms with Crippen LogP contribution in [0.3, 0.4) is 0 Å². The van der Waals surface area contributed by atoms with Crippen molar-refractivity contribution in [3.05, 3.63) is 33.9 Å². The van der Waals surface area contributed by atoms with Gasteiger partial charge in [0.1, 0.15) is 5.69 Å². The van der Waals surface area contributed by atoms with E-state index in [2.05, 4.69) is 4.90 Å². The molecule has 0 bridgehead atoms. The molecule has 3 N–H and O–H groups in total. The lowest BCUT2D eigenvalue weighted by atomic mass is 10.1. The molecule has 8 heteroatoms. The monoisotopic (exact) mass is 280 g/mol.